The Kier molecular flexibility index (Phi) is 14.8. The van der Waals surface area contributed by atoms with Gasteiger partial charge in [0.25, 0.3) is 0 Å². The summed E-state index contributed by atoms with van der Waals surface area (Å²) in [4.78, 5) is 2.57. The highest BCUT2D eigenvalue weighted by atomic mass is 16.5. The first-order valence-electron chi connectivity index (χ1n) is 20.5. The van der Waals surface area contributed by atoms with Gasteiger partial charge < -0.3 is 36.2 Å². The molecule has 4 fully saturated rings. The van der Waals surface area contributed by atoms with E-state index in [1.807, 2.05) is 0 Å². The fraction of sp³-hybridized carbons (Fsp3) is 0.689. The largest absolute Gasteiger partial charge is 0.477 e. The summed E-state index contributed by atoms with van der Waals surface area (Å²) < 4.78 is 6.18. The third kappa shape index (κ3) is 11.1. The van der Waals surface area contributed by atoms with E-state index in [2.05, 4.69) is 105 Å². The Bertz CT molecular complexity index is 1320. The van der Waals surface area contributed by atoms with Gasteiger partial charge in [0.2, 0.25) is 0 Å². The van der Waals surface area contributed by atoms with Crippen molar-refractivity contribution in [3.05, 3.63) is 73.8 Å². The summed E-state index contributed by atoms with van der Waals surface area (Å²) in [5.74, 6) is 6.40. The standard InChI is InChI=1S/C45H74N6O/c1-13-16-20-40(31(4)32(5)46-26-14-2)48-33(6)42-39-28-38(39)29-51(42)34(7)43(45(15-3)24-18-17-19-25-45)50-35(8)49-41(44(10,11)12)30-52-36(9)47-27-23-37-21-22-37/h1,37-43,46-50H,4-9,14-30H2,2-3,10-12H3/t38-,39-,40?,41?,42?,43?/m0/s1. The molecular formula is C45H74N6O. The lowest BCUT2D eigenvalue weighted by molar-refractivity contribution is 0.103. The Hall–Kier alpha value is -3.40. The average Bonchev–Trinajstić information content (AvgIpc) is 4.06. The molecular weight excluding hydrogens is 641 g/mol. The number of nitrogens with one attached hydrogen (secondary N) is 5. The zero-order valence-corrected chi connectivity index (χ0v) is 33.7. The number of rotatable bonds is 25. The number of fused-ring (bicyclic) bond motifs is 1. The van der Waals surface area contributed by atoms with Gasteiger partial charge in [0.15, 0.2) is 5.88 Å². The van der Waals surface area contributed by atoms with Crippen LogP contribution >= 0.6 is 0 Å². The molecule has 6 atom stereocenters. The molecule has 7 nitrogen and oxygen atoms in total. The Morgan fingerprint density at radius 1 is 0.962 bits per heavy atom. The molecule has 4 unspecified atom stereocenters. The first-order valence-corrected chi connectivity index (χ1v) is 20.5. The monoisotopic (exact) mass is 715 g/mol. The topological polar surface area (TPSA) is 72.6 Å². The summed E-state index contributed by atoms with van der Waals surface area (Å²) in [5.41, 5.74) is 4.01. The zero-order valence-electron chi connectivity index (χ0n) is 33.7. The summed E-state index contributed by atoms with van der Waals surface area (Å²) in [5, 5.41) is 18.3. The van der Waals surface area contributed by atoms with Gasteiger partial charge in [0.05, 0.1) is 30.0 Å². The molecule has 1 aliphatic heterocycles. The second-order valence-corrected chi connectivity index (χ2v) is 17.4. The Balaban J connectivity index is 1.50. The first-order chi connectivity index (χ1) is 24.7. The lowest BCUT2D eigenvalue weighted by Gasteiger charge is -2.48. The van der Waals surface area contributed by atoms with Crippen LogP contribution in [0.1, 0.15) is 118 Å². The van der Waals surface area contributed by atoms with Gasteiger partial charge in [-0.15, -0.1) is 12.3 Å². The number of terminal acetylenes is 1. The van der Waals surface area contributed by atoms with E-state index in [0.29, 0.717) is 30.7 Å². The lowest BCUT2D eigenvalue weighted by Crippen LogP contribution is -2.55. The summed E-state index contributed by atoms with van der Waals surface area (Å²) in [6, 6.07) is 0.190. The van der Waals surface area contributed by atoms with Gasteiger partial charge in [-0.3, -0.25) is 0 Å². The van der Waals surface area contributed by atoms with E-state index < -0.39 is 0 Å². The molecule has 0 spiro atoms. The first kappa shape index (κ1) is 41.4. The normalized spacial score (nSPS) is 23.5. The predicted molar refractivity (Wildman–Crippen MR) is 221 cm³/mol. The molecule has 290 valence electrons. The van der Waals surface area contributed by atoms with Crippen molar-refractivity contribution in [2.75, 3.05) is 26.2 Å². The van der Waals surface area contributed by atoms with Crippen LogP contribution in [0, 0.1) is 40.9 Å². The van der Waals surface area contributed by atoms with Gasteiger partial charge in [-0.05, 0) is 85.7 Å². The van der Waals surface area contributed by atoms with E-state index in [-0.39, 0.29) is 35.0 Å². The predicted octanol–water partition coefficient (Wildman–Crippen LogP) is 8.45. The minimum Gasteiger partial charge on any atom is -0.477 e. The highest BCUT2D eigenvalue weighted by Crippen LogP contribution is 2.54. The average molecular weight is 715 g/mol. The van der Waals surface area contributed by atoms with Crippen molar-refractivity contribution < 1.29 is 4.74 Å². The highest BCUT2D eigenvalue weighted by Gasteiger charge is 2.55. The molecule has 7 heteroatoms. The quantitative estimate of drug-likeness (QED) is 0.0370. The second kappa shape index (κ2) is 18.6. The number of hydrogen-bond acceptors (Lipinski definition) is 7. The van der Waals surface area contributed by atoms with Crippen LogP contribution in [-0.4, -0.2) is 55.3 Å². The van der Waals surface area contributed by atoms with Crippen molar-refractivity contribution in [2.45, 2.75) is 142 Å². The maximum atomic E-state index is 6.18. The van der Waals surface area contributed by atoms with E-state index >= 15 is 0 Å². The zero-order chi connectivity index (χ0) is 38.1. The van der Waals surface area contributed by atoms with Crippen molar-refractivity contribution >= 4 is 0 Å². The van der Waals surface area contributed by atoms with Gasteiger partial charge in [0, 0.05) is 43.1 Å². The van der Waals surface area contributed by atoms with E-state index in [4.69, 9.17) is 17.7 Å². The van der Waals surface area contributed by atoms with E-state index in [9.17, 15) is 0 Å². The SMILES string of the molecule is C#CCCC(NC(=C)C1[C@H]2C[C@H]2CN1C(=C)C(NC(=C)NC(COC(=C)NCCC1CC1)C(C)(C)C)C1(CC)CCCCC1)C(=C)C(=C)NCCC. The molecule has 0 aromatic carbocycles. The minimum absolute atomic E-state index is 0.0260. The van der Waals surface area contributed by atoms with Gasteiger partial charge in [-0.25, -0.2) is 0 Å². The molecule has 0 aromatic rings. The van der Waals surface area contributed by atoms with Crippen LogP contribution in [0.5, 0.6) is 0 Å². The Morgan fingerprint density at radius 2 is 1.67 bits per heavy atom. The number of likely N-dealkylation sites (tertiary alicyclic amines) is 1. The molecule has 1 heterocycles. The molecule has 5 N–H and O–H groups in total. The van der Waals surface area contributed by atoms with Crippen molar-refractivity contribution in [1.29, 1.82) is 0 Å². The summed E-state index contributed by atoms with van der Waals surface area (Å²) in [6.07, 6.45) is 20.5. The second-order valence-electron chi connectivity index (χ2n) is 17.4. The maximum absolute atomic E-state index is 6.18. The van der Waals surface area contributed by atoms with Crippen molar-refractivity contribution in [2.24, 2.45) is 28.6 Å². The number of nitrogens with zero attached hydrogens (tertiary/aromatic N) is 1. The molecule has 3 aliphatic carbocycles. The minimum atomic E-state index is -0.0687. The van der Waals surface area contributed by atoms with Crippen LogP contribution < -0.4 is 26.6 Å². The van der Waals surface area contributed by atoms with Gasteiger partial charge in [-0.1, -0.05) is 99.6 Å². The number of hydrogen-bond donors (Lipinski definition) is 5. The number of piperidine rings is 1. The van der Waals surface area contributed by atoms with Crippen LogP contribution in [0.3, 0.4) is 0 Å². The molecule has 0 aromatic heterocycles. The lowest BCUT2D eigenvalue weighted by atomic mass is 9.66. The molecule has 0 bridgehead atoms. The molecule has 4 rings (SSSR count). The van der Waals surface area contributed by atoms with E-state index in [1.54, 1.807) is 0 Å². The van der Waals surface area contributed by atoms with Crippen LogP contribution in [0.2, 0.25) is 0 Å². The van der Waals surface area contributed by atoms with Gasteiger partial charge in [-0.2, -0.15) is 0 Å². The van der Waals surface area contributed by atoms with E-state index in [1.165, 1.54) is 57.8 Å². The van der Waals surface area contributed by atoms with Crippen molar-refractivity contribution in [3.63, 3.8) is 0 Å². The Morgan fingerprint density at radius 3 is 2.29 bits per heavy atom. The van der Waals surface area contributed by atoms with Crippen molar-refractivity contribution in [3.8, 4) is 12.3 Å². The Labute approximate surface area is 318 Å². The van der Waals surface area contributed by atoms with Gasteiger partial charge >= 0.3 is 0 Å². The molecule has 52 heavy (non-hydrogen) atoms. The molecule has 1 saturated heterocycles. The molecule has 3 saturated carbocycles. The molecule has 0 amide bonds. The van der Waals surface area contributed by atoms with Crippen LogP contribution in [-0.2, 0) is 4.74 Å². The van der Waals surface area contributed by atoms with Crippen LogP contribution in [0.25, 0.3) is 0 Å². The van der Waals surface area contributed by atoms with E-state index in [0.717, 1.165) is 73.3 Å². The third-order valence-electron chi connectivity index (χ3n) is 12.4. The summed E-state index contributed by atoms with van der Waals surface area (Å²) in [6.45, 7) is 41.6. The molecule has 4 aliphatic rings. The highest BCUT2D eigenvalue weighted by molar-refractivity contribution is 5.33. The fourth-order valence-corrected chi connectivity index (χ4v) is 8.53. The van der Waals surface area contributed by atoms with Crippen LogP contribution in [0.15, 0.2) is 73.8 Å². The summed E-state index contributed by atoms with van der Waals surface area (Å²) >= 11 is 0. The summed E-state index contributed by atoms with van der Waals surface area (Å²) in [7, 11) is 0. The van der Waals surface area contributed by atoms with Crippen molar-refractivity contribution in [1.82, 2.24) is 31.5 Å². The van der Waals surface area contributed by atoms with Gasteiger partial charge in [0.1, 0.15) is 6.61 Å². The smallest absolute Gasteiger partial charge is 0.179 e. The molecule has 0 radical (unpaired) electrons. The van der Waals surface area contributed by atoms with Crippen LogP contribution in [0.4, 0.5) is 0 Å². The third-order valence-corrected chi connectivity index (χ3v) is 12.4. The fourth-order valence-electron chi connectivity index (χ4n) is 8.53. The maximum Gasteiger partial charge on any atom is 0.179 e. The number of ether oxygens (including phenoxy) is 1.